The normalized spacial score (nSPS) is 11.6. The fraction of sp³-hybridized carbons (Fsp3) is 0.414. The number of rotatable bonds is 24. The van der Waals surface area contributed by atoms with Crippen molar-refractivity contribution in [2.45, 2.75) is 119 Å². The van der Waals surface area contributed by atoms with Crippen molar-refractivity contribution in [1.29, 1.82) is 0 Å². The lowest BCUT2D eigenvalue weighted by Gasteiger charge is -2.15. The van der Waals surface area contributed by atoms with Crippen LogP contribution in [-0.2, 0) is 0 Å². The molecule has 2 aliphatic rings. The average molecular weight is 971 g/mol. The zero-order chi connectivity index (χ0) is 50.0. The van der Waals surface area contributed by atoms with Gasteiger partial charge in [0.2, 0.25) is 0 Å². The molecular weight excluding hydrogens is 905 g/mol. The van der Waals surface area contributed by atoms with Crippen LogP contribution in [0.3, 0.4) is 0 Å². The number of unbranched alkanes of at least 4 members (excludes halogenated alkanes) is 6. The van der Waals surface area contributed by atoms with E-state index in [-0.39, 0.29) is 0 Å². The molecule has 14 heteroatoms. The Morgan fingerprint density at radius 2 is 0.653 bits per heavy atom. The van der Waals surface area contributed by atoms with Crippen LogP contribution in [-0.4, -0.2) is 79.5 Å². The summed E-state index contributed by atoms with van der Waals surface area (Å²) in [5, 5.41) is 3.15. The third kappa shape index (κ3) is 10.6. The molecule has 0 fully saturated rings. The van der Waals surface area contributed by atoms with E-state index in [2.05, 4.69) is 57.4 Å². The van der Waals surface area contributed by atoms with Crippen LogP contribution >= 0.6 is 0 Å². The molecular formula is C58H66N8O6. The van der Waals surface area contributed by atoms with Crippen molar-refractivity contribution >= 4 is 44.1 Å². The standard InChI is InChI=1S/C58H66N8O6/c1-8-15-23-67-45-30-39-40(31-46(45)68-24-16-9-2)55-62-53(39)60-51-37-22-21-36(14-7)29-38(37)52(59-51)61-54-41-32-47(69-25-17-10-3)48(70-26-18-11-4)33-42(41)56(63-54)65-58-44-35-50(72-28-20-13-6)49(71-27-19-12-5)34-43(44)57(64-55)66-58/h7,21-22,29-35H,8-13,15-20,23-28H2,1-6H3,(H2,59,60,61,62,63,64,65,66). The first-order chi connectivity index (χ1) is 35.4. The molecule has 8 bridgehead atoms. The van der Waals surface area contributed by atoms with Gasteiger partial charge < -0.3 is 38.4 Å². The van der Waals surface area contributed by atoms with Gasteiger partial charge in [0, 0.05) is 49.4 Å². The molecule has 4 aromatic carbocycles. The van der Waals surface area contributed by atoms with Crippen molar-refractivity contribution in [2.24, 2.45) is 0 Å². The van der Waals surface area contributed by atoms with E-state index in [1.165, 1.54) is 0 Å². The summed E-state index contributed by atoms with van der Waals surface area (Å²) in [6.07, 6.45) is 17.3. The molecule has 3 aromatic heterocycles. The summed E-state index contributed by atoms with van der Waals surface area (Å²) >= 11 is 0. The van der Waals surface area contributed by atoms with Crippen LogP contribution in [0.5, 0.6) is 34.5 Å². The molecule has 9 rings (SSSR count). The lowest BCUT2D eigenvalue weighted by atomic mass is 10.1. The quantitative estimate of drug-likeness (QED) is 0.0436. The second-order valence-electron chi connectivity index (χ2n) is 18.3. The first kappa shape index (κ1) is 49.6. The maximum absolute atomic E-state index is 6.47. The molecule has 374 valence electrons. The summed E-state index contributed by atoms with van der Waals surface area (Å²) in [7, 11) is 0. The summed E-state index contributed by atoms with van der Waals surface area (Å²) < 4.78 is 38.8. The Kier molecular flexibility index (Phi) is 16.0. The topological polar surface area (TPSA) is 164 Å². The lowest BCUT2D eigenvalue weighted by molar-refractivity contribution is 0.262. The van der Waals surface area contributed by atoms with Crippen molar-refractivity contribution in [1.82, 2.24) is 39.9 Å². The van der Waals surface area contributed by atoms with Gasteiger partial charge in [-0.05, 0) is 93.1 Å². The first-order valence-corrected chi connectivity index (χ1v) is 26.1. The molecule has 5 heterocycles. The monoisotopic (exact) mass is 971 g/mol. The Hall–Kier alpha value is -7.40. The number of nitrogens with one attached hydrogen (secondary N) is 2. The van der Waals surface area contributed by atoms with Crippen LogP contribution in [0, 0.1) is 12.3 Å². The Balaban J connectivity index is 1.39. The third-order valence-corrected chi connectivity index (χ3v) is 12.7. The number of hydrogen-bond acceptors (Lipinski definition) is 12. The van der Waals surface area contributed by atoms with Crippen molar-refractivity contribution in [3.8, 4) is 92.4 Å². The van der Waals surface area contributed by atoms with Gasteiger partial charge in [-0.1, -0.05) is 86.0 Å². The molecule has 14 nitrogen and oxygen atoms in total. The number of aromatic amines is 2. The molecule has 0 amide bonds. The second-order valence-corrected chi connectivity index (χ2v) is 18.3. The Morgan fingerprint density at radius 1 is 0.361 bits per heavy atom. The highest BCUT2D eigenvalue weighted by Gasteiger charge is 2.28. The van der Waals surface area contributed by atoms with E-state index in [0.717, 1.165) is 121 Å². The van der Waals surface area contributed by atoms with Gasteiger partial charge in [-0.3, -0.25) is 0 Å². The highest BCUT2D eigenvalue weighted by Crippen LogP contribution is 2.46. The third-order valence-electron chi connectivity index (χ3n) is 12.7. The maximum Gasteiger partial charge on any atom is 0.164 e. The van der Waals surface area contributed by atoms with E-state index in [1.54, 1.807) is 0 Å². The van der Waals surface area contributed by atoms with E-state index in [9.17, 15) is 0 Å². The number of nitrogens with zero attached hydrogens (tertiary/aromatic N) is 6. The van der Waals surface area contributed by atoms with Crippen LogP contribution in [0.4, 0.5) is 0 Å². The fourth-order valence-corrected chi connectivity index (χ4v) is 8.54. The van der Waals surface area contributed by atoms with Gasteiger partial charge >= 0.3 is 0 Å². The highest BCUT2D eigenvalue weighted by atomic mass is 16.5. The van der Waals surface area contributed by atoms with Gasteiger partial charge in [0.25, 0.3) is 0 Å². The number of ether oxygens (including phenoxy) is 6. The number of terminal acetylenes is 1. The molecule has 0 saturated heterocycles. The molecule has 2 N–H and O–H groups in total. The summed E-state index contributed by atoms with van der Waals surface area (Å²) in [6.45, 7) is 16.1. The molecule has 0 unspecified atom stereocenters. The molecule has 0 aliphatic carbocycles. The van der Waals surface area contributed by atoms with E-state index in [0.29, 0.717) is 126 Å². The number of benzene rings is 4. The minimum absolute atomic E-state index is 0.404. The molecule has 0 radical (unpaired) electrons. The second kappa shape index (κ2) is 23.2. The molecule has 2 aliphatic heterocycles. The number of aromatic nitrogens is 8. The van der Waals surface area contributed by atoms with E-state index in [4.69, 9.17) is 64.7 Å². The van der Waals surface area contributed by atoms with E-state index in [1.807, 2.05) is 54.6 Å². The smallest absolute Gasteiger partial charge is 0.164 e. The predicted molar refractivity (Wildman–Crippen MR) is 286 cm³/mol. The molecule has 0 atom stereocenters. The van der Waals surface area contributed by atoms with Crippen LogP contribution in [0.2, 0.25) is 0 Å². The maximum atomic E-state index is 6.47. The molecule has 72 heavy (non-hydrogen) atoms. The SMILES string of the molecule is C#Cc1ccc2c3nc4[nH]c(nc5nc(nc6nc(nc([nH]3)c2c1)-c1cc(OCCCC)c(OCCCC)cc1-6)-c1cc(OCCCC)c(OCCCC)cc1-5)c1cc(OCCCC)c(OCCCC)cc41. The summed E-state index contributed by atoms with van der Waals surface area (Å²) in [5.74, 6) is 8.18. The molecule has 7 aromatic rings. The van der Waals surface area contributed by atoms with Gasteiger partial charge in [0.15, 0.2) is 57.8 Å². The fourth-order valence-electron chi connectivity index (χ4n) is 8.54. The Labute approximate surface area is 421 Å². The summed E-state index contributed by atoms with van der Waals surface area (Å²) in [5.41, 5.74) is 5.75. The minimum atomic E-state index is 0.404. The van der Waals surface area contributed by atoms with Gasteiger partial charge in [-0.15, -0.1) is 6.42 Å². The summed E-state index contributed by atoms with van der Waals surface area (Å²) in [4.78, 5) is 39.0. The number of H-pyrrole nitrogens is 2. The van der Waals surface area contributed by atoms with Crippen molar-refractivity contribution in [3.63, 3.8) is 0 Å². The van der Waals surface area contributed by atoms with Crippen molar-refractivity contribution < 1.29 is 28.4 Å². The van der Waals surface area contributed by atoms with Crippen LogP contribution in [0.25, 0.3) is 89.7 Å². The van der Waals surface area contributed by atoms with Gasteiger partial charge in [-0.2, -0.15) is 0 Å². The summed E-state index contributed by atoms with van der Waals surface area (Å²) in [6, 6.07) is 17.7. The largest absolute Gasteiger partial charge is 0.490 e. The van der Waals surface area contributed by atoms with Gasteiger partial charge in [0.05, 0.1) is 39.6 Å². The lowest BCUT2D eigenvalue weighted by Crippen LogP contribution is -2.03. The zero-order valence-electron chi connectivity index (χ0n) is 42.6. The van der Waals surface area contributed by atoms with Crippen LogP contribution < -0.4 is 28.4 Å². The minimum Gasteiger partial charge on any atom is -0.490 e. The number of hydrogen-bond donors (Lipinski definition) is 2. The van der Waals surface area contributed by atoms with E-state index >= 15 is 0 Å². The Morgan fingerprint density at radius 3 is 0.986 bits per heavy atom. The van der Waals surface area contributed by atoms with Crippen molar-refractivity contribution in [3.05, 3.63) is 60.2 Å². The van der Waals surface area contributed by atoms with Gasteiger partial charge in [-0.25, -0.2) is 29.9 Å². The zero-order valence-corrected chi connectivity index (χ0v) is 42.6. The Bertz CT molecular complexity index is 3280. The molecule has 0 saturated carbocycles. The average Bonchev–Trinajstić information content (AvgIpc) is 4.11. The molecule has 0 spiro atoms. The highest BCUT2D eigenvalue weighted by molar-refractivity contribution is 6.09. The van der Waals surface area contributed by atoms with Crippen LogP contribution in [0.15, 0.2) is 54.6 Å². The van der Waals surface area contributed by atoms with Crippen LogP contribution in [0.1, 0.15) is 124 Å². The van der Waals surface area contributed by atoms with Crippen molar-refractivity contribution in [2.75, 3.05) is 39.6 Å². The number of fused-ring (bicyclic) bond motifs is 20. The first-order valence-electron chi connectivity index (χ1n) is 26.1. The van der Waals surface area contributed by atoms with Gasteiger partial charge in [0.1, 0.15) is 22.6 Å². The predicted octanol–water partition coefficient (Wildman–Crippen LogP) is 13.9. The van der Waals surface area contributed by atoms with E-state index < -0.39 is 0 Å².